The van der Waals surface area contributed by atoms with Crippen LogP contribution in [0.2, 0.25) is 0 Å². The van der Waals surface area contributed by atoms with Gasteiger partial charge in [-0.15, -0.1) is 0 Å². The average Bonchev–Trinajstić information content (AvgIpc) is 3.02. The Morgan fingerprint density at radius 3 is 2.88 bits per heavy atom. The number of aromatic nitrogens is 2. The standard InChI is InChI=1S/C13H14N2O/c1-15-8-12(9-5-6-9)14-13(15)10-3-2-4-11(16)7-10/h2-4,7-9,16H,5-6H2,1H3. The zero-order valence-corrected chi connectivity index (χ0v) is 9.22. The van der Waals surface area contributed by atoms with Gasteiger partial charge in [0.15, 0.2) is 0 Å². The van der Waals surface area contributed by atoms with Gasteiger partial charge in [-0.1, -0.05) is 12.1 Å². The van der Waals surface area contributed by atoms with E-state index in [1.54, 1.807) is 12.1 Å². The fraction of sp³-hybridized carbons (Fsp3) is 0.308. The molecule has 3 rings (SSSR count). The van der Waals surface area contributed by atoms with Crippen molar-refractivity contribution < 1.29 is 5.11 Å². The van der Waals surface area contributed by atoms with E-state index in [-0.39, 0.29) is 5.75 Å². The van der Waals surface area contributed by atoms with E-state index in [9.17, 15) is 5.11 Å². The molecule has 0 bridgehead atoms. The first-order valence-corrected chi connectivity index (χ1v) is 5.57. The summed E-state index contributed by atoms with van der Waals surface area (Å²) in [4.78, 5) is 4.64. The van der Waals surface area contributed by atoms with Gasteiger partial charge in [-0.05, 0) is 25.0 Å². The molecule has 0 saturated heterocycles. The molecule has 1 aromatic carbocycles. The molecule has 3 heteroatoms. The predicted molar refractivity (Wildman–Crippen MR) is 62.3 cm³/mol. The van der Waals surface area contributed by atoms with Gasteiger partial charge in [-0.25, -0.2) is 4.98 Å². The van der Waals surface area contributed by atoms with Crippen LogP contribution in [0.4, 0.5) is 0 Å². The lowest BCUT2D eigenvalue weighted by atomic mass is 10.2. The Hall–Kier alpha value is -1.77. The molecule has 3 nitrogen and oxygen atoms in total. The van der Waals surface area contributed by atoms with Gasteiger partial charge in [0.25, 0.3) is 0 Å². The summed E-state index contributed by atoms with van der Waals surface area (Å²) in [7, 11) is 2.00. The summed E-state index contributed by atoms with van der Waals surface area (Å²) in [5, 5.41) is 9.46. The summed E-state index contributed by atoms with van der Waals surface area (Å²) in [6.45, 7) is 0. The maximum Gasteiger partial charge on any atom is 0.140 e. The predicted octanol–water partition coefficient (Wildman–Crippen LogP) is 2.67. The molecule has 1 aliphatic carbocycles. The van der Waals surface area contributed by atoms with Crippen LogP contribution in [0.1, 0.15) is 24.5 Å². The first-order valence-electron chi connectivity index (χ1n) is 5.57. The first kappa shape index (κ1) is 9.46. The minimum absolute atomic E-state index is 0.286. The topological polar surface area (TPSA) is 38.0 Å². The quantitative estimate of drug-likeness (QED) is 0.834. The summed E-state index contributed by atoms with van der Waals surface area (Å²) in [6.07, 6.45) is 4.62. The van der Waals surface area contributed by atoms with E-state index < -0.39 is 0 Å². The lowest BCUT2D eigenvalue weighted by molar-refractivity contribution is 0.475. The minimum atomic E-state index is 0.286. The lowest BCUT2D eigenvalue weighted by Gasteiger charge is -2.01. The molecule has 1 aromatic heterocycles. The number of hydrogen-bond donors (Lipinski definition) is 1. The summed E-state index contributed by atoms with van der Waals surface area (Å²) in [5.74, 6) is 1.88. The first-order chi connectivity index (χ1) is 7.74. The summed E-state index contributed by atoms with van der Waals surface area (Å²) >= 11 is 0. The van der Waals surface area contributed by atoms with Crippen LogP contribution in [0, 0.1) is 0 Å². The molecule has 1 aliphatic rings. The van der Waals surface area contributed by atoms with Crippen molar-refractivity contribution in [2.45, 2.75) is 18.8 Å². The molecule has 1 saturated carbocycles. The zero-order chi connectivity index (χ0) is 11.1. The molecule has 2 aromatic rings. The minimum Gasteiger partial charge on any atom is -0.508 e. The van der Waals surface area contributed by atoms with Crippen molar-refractivity contribution in [1.29, 1.82) is 0 Å². The number of nitrogens with zero attached hydrogens (tertiary/aromatic N) is 2. The number of rotatable bonds is 2. The third kappa shape index (κ3) is 1.58. The SMILES string of the molecule is Cn1cc(C2CC2)nc1-c1cccc(O)c1. The Labute approximate surface area is 94.4 Å². The highest BCUT2D eigenvalue weighted by Crippen LogP contribution is 2.40. The van der Waals surface area contributed by atoms with Crippen LogP contribution in [0.15, 0.2) is 30.5 Å². The number of benzene rings is 1. The fourth-order valence-corrected chi connectivity index (χ4v) is 1.98. The summed E-state index contributed by atoms with van der Waals surface area (Å²) in [5.41, 5.74) is 2.15. The summed E-state index contributed by atoms with van der Waals surface area (Å²) < 4.78 is 2.03. The van der Waals surface area contributed by atoms with Gasteiger partial charge in [-0.3, -0.25) is 0 Å². The van der Waals surface area contributed by atoms with Crippen LogP contribution in [0.3, 0.4) is 0 Å². The van der Waals surface area contributed by atoms with Gasteiger partial charge in [0.05, 0.1) is 5.69 Å². The lowest BCUT2D eigenvalue weighted by Crippen LogP contribution is -1.90. The molecule has 0 aliphatic heterocycles. The maximum atomic E-state index is 9.46. The van der Waals surface area contributed by atoms with Crippen LogP contribution < -0.4 is 0 Å². The average molecular weight is 214 g/mol. The Kier molecular flexibility index (Phi) is 1.99. The number of hydrogen-bond acceptors (Lipinski definition) is 2. The van der Waals surface area contributed by atoms with E-state index in [1.165, 1.54) is 18.5 Å². The van der Waals surface area contributed by atoms with Gasteiger partial charge in [0.2, 0.25) is 0 Å². The monoisotopic (exact) mass is 214 g/mol. The molecular weight excluding hydrogens is 200 g/mol. The van der Waals surface area contributed by atoms with Gasteiger partial charge < -0.3 is 9.67 Å². The highest BCUT2D eigenvalue weighted by atomic mass is 16.3. The van der Waals surface area contributed by atoms with E-state index in [2.05, 4.69) is 11.2 Å². The Bertz CT molecular complexity index is 526. The van der Waals surface area contributed by atoms with E-state index in [1.807, 2.05) is 23.7 Å². The number of phenolic OH excluding ortho intramolecular Hbond substituents is 1. The van der Waals surface area contributed by atoms with Crippen molar-refractivity contribution in [3.8, 4) is 17.1 Å². The van der Waals surface area contributed by atoms with Crippen molar-refractivity contribution >= 4 is 0 Å². The van der Waals surface area contributed by atoms with Crippen LogP contribution in [-0.2, 0) is 7.05 Å². The normalized spacial score (nSPS) is 15.3. The van der Waals surface area contributed by atoms with Gasteiger partial charge in [0, 0.05) is 24.7 Å². The Morgan fingerprint density at radius 2 is 2.19 bits per heavy atom. The number of phenols is 1. The van der Waals surface area contributed by atoms with Gasteiger partial charge >= 0.3 is 0 Å². The molecule has 0 atom stereocenters. The molecule has 16 heavy (non-hydrogen) atoms. The van der Waals surface area contributed by atoms with E-state index in [0.29, 0.717) is 5.92 Å². The highest BCUT2D eigenvalue weighted by Gasteiger charge is 2.26. The molecule has 1 heterocycles. The van der Waals surface area contributed by atoms with Crippen molar-refractivity contribution in [3.05, 3.63) is 36.2 Å². The van der Waals surface area contributed by atoms with Crippen molar-refractivity contribution in [1.82, 2.24) is 9.55 Å². The molecule has 0 unspecified atom stereocenters. The van der Waals surface area contributed by atoms with Crippen molar-refractivity contribution in [2.24, 2.45) is 7.05 Å². The van der Waals surface area contributed by atoms with Crippen molar-refractivity contribution in [2.75, 3.05) is 0 Å². The van der Waals surface area contributed by atoms with Crippen LogP contribution in [-0.4, -0.2) is 14.7 Å². The molecule has 0 radical (unpaired) electrons. The molecule has 1 fully saturated rings. The second-order valence-corrected chi connectivity index (χ2v) is 4.42. The second-order valence-electron chi connectivity index (χ2n) is 4.42. The fourth-order valence-electron chi connectivity index (χ4n) is 1.98. The second kappa shape index (κ2) is 3.37. The molecule has 82 valence electrons. The Balaban J connectivity index is 2.04. The number of aromatic hydroxyl groups is 1. The third-order valence-corrected chi connectivity index (χ3v) is 2.99. The molecule has 0 spiro atoms. The zero-order valence-electron chi connectivity index (χ0n) is 9.22. The van der Waals surface area contributed by atoms with Crippen molar-refractivity contribution in [3.63, 3.8) is 0 Å². The van der Waals surface area contributed by atoms with Gasteiger partial charge in [-0.2, -0.15) is 0 Å². The van der Waals surface area contributed by atoms with E-state index in [4.69, 9.17) is 0 Å². The smallest absolute Gasteiger partial charge is 0.140 e. The third-order valence-electron chi connectivity index (χ3n) is 2.99. The van der Waals surface area contributed by atoms with Crippen LogP contribution >= 0.6 is 0 Å². The molecular formula is C13H14N2O. The molecule has 0 amide bonds. The van der Waals surface area contributed by atoms with Gasteiger partial charge in [0.1, 0.15) is 11.6 Å². The number of imidazole rings is 1. The van der Waals surface area contributed by atoms with Crippen LogP contribution in [0.5, 0.6) is 5.75 Å². The largest absolute Gasteiger partial charge is 0.508 e. The van der Waals surface area contributed by atoms with Crippen LogP contribution in [0.25, 0.3) is 11.4 Å². The number of aryl methyl sites for hydroxylation is 1. The van der Waals surface area contributed by atoms with E-state index >= 15 is 0 Å². The summed E-state index contributed by atoms with van der Waals surface area (Å²) in [6, 6.07) is 7.24. The molecule has 1 N–H and O–H groups in total. The Morgan fingerprint density at radius 1 is 1.38 bits per heavy atom. The maximum absolute atomic E-state index is 9.46. The van der Waals surface area contributed by atoms with E-state index in [0.717, 1.165) is 11.4 Å². The highest BCUT2D eigenvalue weighted by molar-refractivity contribution is 5.58.